The van der Waals surface area contributed by atoms with E-state index in [9.17, 15) is 0 Å². The van der Waals surface area contributed by atoms with Crippen LogP contribution in [0.4, 0.5) is 0 Å². The Labute approximate surface area is 114 Å². The van der Waals surface area contributed by atoms with Crippen molar-refractivity contribution in [2.24, 2.45) is 17.3 Å². The highest BCUT2D eigenvalue weighted by atomic mass is 15.2. The Kier molecular flexibility index (Phi) is 4.71. The molecule has 1 saturated carbocycles. The van der Waals surface area contributed by atoms with Crippen LogP contribution in [-0.2, 0) is 0 Å². The van der Waals surface area contributed by atoms with Gasteiger partial charge in [-0.15, -0.1) is 0 Å². The summed E-state index contributed by atoms with van der Waals surface area (Å²) in [7, 11) is 0. The number of nitrogens with one attached hydrogen (secondary N) is 1. The minimum absolute atomic E-state index is 0.383. The summed E-state index contributed by atoms with van der Waals surface area (Å²) in [6.07, 6.45) is 5.70. The van der Waals surface area contributed by atoms with E-state index in [4.69, 9.17) is 0 Å². The van der Waals surface area contributed by atoms with Gasteiger partial charge >= 0.3 is 0 Å². The van der Waals surface area contributed by atoms with Crippen LogP contribution >= 0.6 is 0 Å². The zero-order valence-corrected chi connectivity index (χ0v) is 12.8. The normalized spacial score (nSPS) is 30.7. The summed E-state index contributed by atoms with van der Waals surface area (Å²) in [6.45, 7) is 14.6. The fourth-order valence-electron chi connectivity index (χ4n) is 3.81. The third-order valence-corrected chi connectivity index (χ3v) is 5.31. The lowest BCUT2D eigenvalue weighted by Crippen LogP contribution is -2.46. The van der Waals surface area contributed by atoms with Gasteiger partial charge in [-0.05, 0) is 50.0 Å². The van der Waals surface area contributed by atoms with Gasteiger partial charge < -0.3 is 10.2 Å². The smallest absolute Gasteiger partial charge is 0.0102 e. The van der Waals surface area contributed by atoms with Gasteiger partial charge in [0.2, 0.25) is 0 Å². The monoisotopic (exact) mass is 252 g/mol. The lowest BCUT2D eigenvalue weighted by atomic mass is 9.84. The van der Waals surface area contributed by atoms with Crippen molar-refractivity contribution in [3.8, 4) is 0 Å². The molecule has 106 valence electrons. The average Bonchev–Trinajstić information content (AvgIpc) is 2.85. The van der Waals surface area contributed by atoms with Gasteiger partial charge in [0.1, 0.15) is 0 Å². The molecule has 1 heterocycles. The third-order valence-electron chi connectivity index (χ3n) is 5.31. The summed E-state index contributed by atoms with van der Waals surface area (Å²) in [5.74, 6) is 2.06. The van der Waals surface area contributed by atoms with E-state index in [1.165, 1.54) is 45.3 Å². The second-order valence-corrected chi connectivity index (χ2v) is 7.31. The van der Waals surface area contributed by atoms with E-state index >= 15 is 0 Å². The van der Waals surface area contributed by atoms with Crippen LogP contribution in [-0.4, -0.2) is 37.1 Å². The Morgan fingerprint density at radius 3 is 2.39 bits per heavy atom. The number of nitrogens with zero attached hydrogens (tertiary/aromatic N) is 1. The minimum atomic E-state index is 0.383. The van der Waals surface area contributed by atoms with Crippen LogP contribution in [0.1, 0.15) is 53.4 Å². The van der Waals surface area contributed by atoms with Crippen molar-refractivity contribution < 1.29 is 0 Å². The van der Waals surface area contributed by atoms with E-state index in [0.717, 1.165) is 18.4 Å². The lowest BCUT2D eigenvalue weighted by molar-refractivity contribution is 0.156. The Bertz CT molecular complexity index is 250. The highest BCUT2D eigenvalue weighted by Gasteiger charge is 2.38. The first kappa shape index (κ1) is 14.3. The fraction of sp³-hybridized carbons (Fsp3) is 1.00. The molecule has 1 aliphatic heterocycles. The molecule has 2 rings (SSSR count). The molecular weight excluding hydrogens is 220 g/mol. The van der Waals surface area contributed by atoms with Crippen LogP contribution in [0.25, 0.3) is 0 Å². The van der Waals surface area contributed by atoms with Crippen molar-refractivity contribution in [2.45, 2.75) is 59.4 Å². The molecule has 1 aliphatic carbocycles. The molecule has 3 atom stereocenters. The predicted molar refractivity (Wildman–Crippen MR) is 78.8 cm³/mol. The molecule has 1 N–H and O–H groups in total. The number of fused-ring (bicyclic) bond motifs is 1. The molecule has 0 amide bonds. The largest absolute Gasteiger partial charge is 0.314 e. The highest BCUT2D eigenvalue weighted by molar-refractivity contribution is 4.92. The van der Waals surface area contributed by atoms with Crippen LogP contribution in [0.2, 0.25) is 0 Å². The standard InChI is InChI=1S/C16H32N2/c1-5-9-17-13(2)16(3,4)12-18-10-14-7-6-8-15(14)11-18/h13-15,17H,5-12H2,1-4H3. The lowest BCUT2D eigenvalue weighted by Gasteiger charge is -2.36. The van der Waals surface area contributed by atoms with E-state index in [1.54, 1.807) is 0 Å². The maximum atomic E-state index is 3.67. The van der Waals surface area contributed by atoms with Crippen LogP contribution in [0.3, 0.4) is 0 Å². The van der Waals surface area contributed by atoms with Crippen molar-refractivity contribution in [1.29, 1.82) is 0 Å². The van der Waals surface area contributed by atoms with Gasteiger partial charge in [-0.2, -0.15) is 0 Å². The number of hydrogen-bond acceptors (Lipinski definition) is 2. The first-order valence-corrected chi connectivity index (χ1v) is 7.98. The number of likely N-dealkylation sites (tertiary alicyclic amines) is 1. The number of rotatable bonds is 6. The summed E-state index contributed by atoms with van der Waals surface area (Å²) in [6, 6.07) is 0.609. The van der Waals surface area contributed by atoms with E-state index in [0.29, 0.717) is 11.5 Å². The molecule has 2 heteroatoms. The molecule has 0 aromatic heterocycles. The summed E-state index contributed by atoms with van der Waals surface area (Å²) in [4.78, 5) is 2.73. The molecular formula is C16H32N2. The second kappa shape index (κ2) is 5.92. The summed E-state index contributed by atoms with van der Waals surface area (Å²) < 4.78 is 0. The average molecular weight is 252 g/mol. The zero-order valence-electron chi connectivity index (χ0n) is 12.8. The van der Waals surface area contributed by atoms with Crippen molar-refractivity contribution >= 4 is 0 Å². The van der Waals surface area contributed by atoms with E-state index in [2.05, 4.69) is 37.9 Å². The minimum Gasteiger partial charge on any atom is -0.314 e. The topological polar surface area (TPSA) is 15.3 Å². The van der Waals surface area contributed by atoms with Crippen molar-refractivity contribution in [3.05, 3.63) is 0 Å². The van der Waals surface area contributed by atoms with Gasteiger partial charge in [0, 0.05) is 25.7 Å². The van der Waals surface area contributed by atoms with Gasteiger partial charge in [0.15, 0.2) is 0 Å². The molecule has 3 unspecified atom stereocenters. The Balaban J connectivity index is 1.81. The molecule has 0 bridgehead atoms. The maximum Gasteiger partial charge on any atom is 0.0102 e. The van der Waals surface area contributed by atoms with Crippen molar-refractivity contribution in [2.75, 3.05) is 26.2 Å². The van der Waals surface area contributed by atoms with Crippen LogP contribution in [0.5, 0.6) is 0 Å². The molecule has 2 nitrogen and oxygen atoms in total. The highest BCUT2D eigenvalue weighted by Crippen LogP contribution is 2.39. The predicted octanol–water partition coefficient (Wildman–Crippen LogP) is 3.13. The van der Waals surface area contributed by atoms with Gasteiger partial charge in [0.05, 0.1) is 0 Å². The van der Waals surface area contributed by atoms with Crippen LogP contribution < -0.4 is 5.32 Å². The molecule has 0 aromatic rings. The summed E-state index contributed by atoms with van der Waals surface area (Å²) in [5, 5.41) is 3.67. The summed E-state index contributed by atoms with van der Waals surface area (Å²) in [5.41, 5.74) is 0.383. The van der Waals surface area contributed by atoms with Gasteiger partial charge in [0.25, 0.3) is 0 Å². The number of hydrogen-bond donors (Lipinski definition) is 1. The molecule has 0 spiro atoms. The zero-order chi connectivity index (χ0) is 13.2. The molecule has 0 radical (unpaired) electrons. The molecule has 18 heavy (non-hydrogen) atoms. The van der Waals surface area contributed by atoms with Crippen LogP contribution in [0.15, 0.2) is 0 Å². The SMILES string of the molecule is CCCNC(C)C(C)(C)CN1CC2CCCC2C1. The Morgan fingerprint density at radius 2 is 1.83 bits per heavy atom. The van der Waals surface area contributed by atoms with Crippen molar-refractivity contribution in [1.82, 2.24) is 10.2 Å². The Morgan fingerprint density at radius 1 is 1.22 bits per heavy atom. The van der Waals surface area contributed by atoms with E-state index in [-0.39, 0.29) is 0 Å². The second-order valence-electron chi connectivity index (χ2n) is 7.31. The first-order valence-electron chi connectivity index (χ1n) is 7.98. The quantitative estimate of drug-likeness (QED) is 0.781. The maximum absolute atomic E-state index is 3.67. The van der Waals surface area contributed by atoms with Gasteiger partial charge in [-0.3, -0.25) is 0 Å². The van der Waals surface area contributed by atoms with Crippen molar-refractivity contribution in [3.63, 3.8) is 0 Å². The first-order chi connectivity index (χ1) is 8.53. The fourth-order valence-corrected chi connectivity index (χ4v) is 3.81. The third kappa shape index (κ3) is 3.27. The molecule has 0 aromatic carbocycles. The molecule has 2 fully saturated rings. The van der Waals surface area contributed by atoms with E-state index < -0.39 is 0 Å². The van der Waals surface area contributed by atoms with Crippen LogP contribution in [0, 0.1) is 17.3 Å². The Hall–Kier alpha value is -0.0800. The van der Waals surface area contributed by atoms with Gasteiger partial charge in [-0.1, -0.05) is 27.2 Å². The molecule has 2 aliphatic rings. The van der Waals surface area contributed by atoms with Gasteiger partial charge in [-0.25, -0.2) is 0 Å². The molecule has 1 saturated heterocycles. The summed E-state index contributed by atoms with van der Waals surface area (Å²) >= 11 is 0. The van der Waals surface area contributed by atoms with E-state index in [1.807, 2.05) is 0 Å².